The fourth-order valence-corrected chi connectivity index (χ4v) is 0.950. The third kappa shape index (κ3) is 2.85. The van der Waals surface area contributed by atoms with Gasteiger partial charge in [0.25, 0.3) is 0 Å². The lowest BCUT2D eigenvalue weighted by Crippen LogP contribution is -1.87. The molecule has 0 radical (unpaired) electrons. The first-order valence-corrected chi connectivity index (χ1v) is 3.69. The van der Waals surface area contributed by atoms with Crippen LogP contribution >= 0.6 is 0 Å². The average molecular weight is 148 g/mol. The zero-order valence-electron chi connectivity index (χ0n) is 6.40. The van der Waals surface area contributed by atoms with E-state index in [-0.39, 0.29) is 0 Å². The van der Waals surface area contributed by atoms with Crippen LogP contribution in [0.25, 0.3) is 0 Å². The summed E-state index contributed by atoms with van der Waals surface area (Å²) in [6.07, 6.45) is 3.66. The highest BCUT2D eigenvalue weighted by atomic mass is 15.1. The highest BCUT2D eigenvalue weighted by Crippen LogP contribution is 2.00. The Morgan fingerprint density at radius 1 is 1.27 bits per heavy atom. The summed E-state index contributed by atoms with van der Waals surface area (Å²) in [5, 5.41) is 3.43. The molecule has 2 nitrogen and oxygen atoms in total. The van der Waals surface area contributed by atoms with Crippen LogP contribution in [0.4, 0.5) is 0 Å². The molecule has 0 fully saturated rings. The summed E-state index contributed by atoms with van der Waals surface area (Å²) in [5.74, 6) is 4.96. The van der Waals surface area contributed by atoms with Gasteiger partial charge in [-0.1, -0.05) is 30.3 Å². The number of rotatable bonds is 3. The highest BCUT2D eigenvalue weighted by molar-refractivity contribution is 5.57. The largest absolute Gasteiger partial charge is 0.324 e. The van der Waals surface area contributed by atoms with Crippen molar-refractivity contribution in [1.82, 2.24) is 0 Å². The van der Waals surface area contributed by atoms with Crippen LogP contribution in [-0.4, -0.2) is 6.21 Å². The van der Waals surface area contributed by atoms with Crippen LogP contribution in [0.15, 0.2) is 35.4 Å². The lowest BCUT2D eigenvalue weighted by Gasteiger charge is -1.94. The zero-order chi connectivity index (χ0) is 7.94. The van der Waals surface area contributed by atoms with Gasteiger partial charge in [0.15, 0.2) is 0 Å². The van der Waals surface area contributed by atoms with Gasteiger partial charge in [-0.25, -0.2) is 0 Å². The van der Waals surface area contributed by atoms with Gasteiger partial charge < -0.3 is 5.84 Å². The van der Waals surface area contributed by atoms with Gasteiger partial charge in [-0.3, -0.25) is 0 Å². The summed E-state index contributed by atoms with van der Waals surface area (Å²) in [6, 6.07) is 10.3. The lowest BCUT2D eigenvalue weighted by atomic mass is 10.1. The van der Waals surface area contributed by atoms with Gasteiger partial charge in [0.2, 0.25) is 0 Å². The topological polar surface area (TPSA) is 38.4 Å². The van der Waals surface area contributed by atoms with E-state index in [2.05, 4.69) is 17.2 Å². The van der Waals surface area contributed by atoms with E-state index < -0.39 is 0 Å². The summed E-state index contributed by atoms with van der Waals surface area (Å²) in [7, 11) is 0. The van der Waals surface area contributed by atoms with Crippen molar-refractivity contribution in [3.8, 4) is 0 Å². The van der Waals surface area contributed by atoms with Gasteiger partial charge in [-0.2, -0.15) is 5.10 Å². The number of nitrogens with two attached hydrogens (primary N) is 1. The van der Waals surface area contributed by atoms with Crippen LogP contribution in [0.1, 0.15) is 12.0 Å². The molecule has 0 aliphatic heterocycles. The van der Waals surface area contributed by atoms with Crippen molar-refractivity contribution in [3.05, 3.63) is 35.9 Å². The van der Waals surface area contributed by atoms with Gasteiger partial charge in [0.05, 0.1) is 0 Å². The molecule has 0 atom stereocenters. The molecule has 0 aliphatic carbocycles. The van der Waals surface area contributed by atoms with Crippen LogP contribution < -0.4 is 5.84 Å². The Morgan fingerprint density at radius 3 is 2.64 bits per heavy atom. The van der Waals surface area contributed by atoms with E-state index in [4.69, 9.17) is 5.84 Å². The third-order valence-electron chi connectivity index (χ3n) is 1.51. The predicted octanol–water partition coefficient (Wildman–Crippen LogP) is 1.56. The van der Waals surface area contributed by atoms with Crippen LogP contribution in [0.2, 0.25) is 0 Å². The fraction of sp³-hybridized carbons (Fsp3) is 0.222. The number of benzene rings is 1. The third-order valence-corrected chi connectivity index (χ3v) is 1.51. The van der Waals surface area contributed by atoms with E-state index in [9.17, 15) is 0 Å². The van der Waals surface area contributed by atoms with Crippen molar-refractivity contribution in [2.24, 2.45) is 10.9 Å². The van der Waals surface area contributed by atoms with Crippen molar-refractivity contribution in [3.63, 3.8) is 0 Å². The molecule has 0 aromatic heterocycles. The van der Waals surface area contributed by atoms with E-state index in [1.807, 2.05) is 18.2 Å². The Bertz CT molecular complexity index is 216. The van der Waals surface area contributed by atoms with Crippen LogP contribution in [0.5, 0.6) is 0 Å². The highest BCUT2D eigenvalue weighted by Gasteiger charge is 1.87. The van der Waals surface area contributed by atoms with Crippen molar-refractivity contribution in [2.75, 3.05) is 0 Å². The smallest absolute Gasteiger partial charge is 0.0243 e. The van der Waals surface area contributed by atoms with Crippen molar-refractivity contribution < 1.29 is 0 Å². The Morgan fingerprint density at radius 2 is 2.00 bits per heavy atom. The second kappa shape index (κ2) is 4.50. The van der Waals surface area contributed by atoms with Crippen LogP contribution in [0.3, 0.4) is 0 Å². The number of hydrogen-bond donors (Lipinski definition) is 1. The molecular weight excluding hydrogens is 136 g/mol. The molecule has 0 bridgehead atoms. The van der Waals surface area contributed by atoms with Gasteiger partial charge in [-0.05, 0) is 18.4 Å². The first-order valence-electron chi connectivity index (χ1n) is 3.69. The molecule has 1 rings (SSSR count). The van der Waals surface area contributed by atoms with Gasteiger partial charge in [0, 0.05) is 6.21 Å². The molecule has 0 saturated heterocycles. The summed E-state index contributed by atoms with van der Waals surface area (Å²) in [5.41, 5.74) is 1.33. The molecule has 0 spiro atoms. The Hall–Kier alpha value is -1.31. The molecule has 58 valence electrons. The predicted molar refractivity (Wildman–Crippen MR) is 47.4 cm³/mol. The zero-order valence-corrected chi connectivity index (χ0v) is 6.40. The minimum Gasteiger partial charge on any atom is -0.324 e. The molecule has 11 heavy (non-hydrogen) atoms. The number of aryl methyl sites for hydroxylation is 1. The maximum atomic E-state index is 4.96. The molecule has 0 heterocycles. The number of nitrogens with zero attached hydrogens (tertiary/aromatic N) is 1. The first kappa shape index (κ1) is 7.79. The fourth-order valence-electron chi connectivity index (χ4n) is 0.950. The first-order chi connectivity index (χ1) is 5.43. The number of hydrazone groups is 1. The molecule has 0 amide bonds. The van der Waals surface area contributed by atoms with Crippen LogP contribution in [-0.2, 0) is 6.42 Å². The summed E-state index contributed by atoms with van der Waals surface area (Å²) >= 11 is 0. The SMILES string of the molecule is NN=CCCc1ccccc1. The molecule has 0 unspecified atom stereocenters. The summed E-state index contributed by atoms with van der Waals surface area (Å²) in [6.45, 7) is 0. The summed E-state index contributed by atoms with van der Waals surface area (Å²) in [4.78, 5) is 0. The van der Waals surface area contributed by atoms with Crippen molar-refractivity contribution in [1.29, 1.82) is 0 Å². The Kier molecular flexibility index (Phi) is 3.19. The quantitative estimate of drug-likeness (QED) is 0.394. The molecule has 2 heteroatoms. The monoisotopic (exact) mass is 148 g/mol. The molecule has 2 N–H and O–H groups in total. The average Bonchev–Trinajstić information content (AvgIpc) is 2.07. The minimum absolute atomic E-state index is 0.917. The lowest BCUT2D eigenvalue weighted by molar-refractivity contribution is 1.04. The standard InChI is InChI=1S/C9H12N2/c10-11-8-4-7-9-5-2-1-3-6-9/h1-3,5-6,8H,4,7,10H2. The van der Waals surface area contributed by atoms with Crippen molar-refractivity contribution in [2.45, 2.75) is 12.8 Å². The van der Waals surface area contributed by atoms with E-state index >= 15 is 0 Å². The molecule has 1 aromatic rings. The molecular formula is C9H12N2. The van der Waals surface area contributed by atoms with Gasteiger partial charge >= 0.3 is 0 Å². The van der Waals surface area contributed by atoms with E-state index in [0.717, 1.165) is 12.8 Å². The Labute approximate surface area is 66.7 Å². The normalized spacial score (nSPS) is 10.5. The minimum atomic E-state index is 0.917. The Balaban J connectivity index is 2.39. The molecule has 0 aliphatic rings. The van der Waals surface area contributed by atoms with E-state index in [1.54, 1.807) is 6.21 Å². The van der Waals surface area contributed by atoms with Gasteiger partial charge in [-0.15, -0.1) is 0 Å². The second-order valence-electron chi connectivity index (χ2n) is 2.36. The maximum absolute atomic E-state index is 4.96. The summed E-state index contributed by atoms with van der Waals surface area (Å²) < 4.78 is 0. The van der Waals surface area contributed by atoms with Crippen LogP contribution in [0, 0.1) is 0 Å². The van der Waals surface area contributed by atoms with Crippen molar-refractivity contribution >= 4 is 6.21 Å². The van der Waals surface area contributed by atoms with Gasteiger partial charge in [0.1, 0.15) is 0 Å². The molecule has 1 aromatic carbocycles. The van der Waals surface area contributed by atoms with E-state index in [1.165, 1.54) is 5.56 Å². The second-order valence-corrected chi connectivity index (χ2v) is 2.36. The maximum Gasteiger partial charge on any atom is 0.0243 e. The molecule has 0 saturated carbocycles. The van der Waals surface area contributed by atoms with E-state index in [0.29, 0.717) is 0 Å². The number of hydrogen-bond acceptors (Lipinski definition) is 2.